The lowest BCUT2D eigenvalue weighted by Gasteiger charge is -2.21. The molecule has 0 aliphatic carbocycles. The number of carbonyl (C=O) groups is 1. The summed E-state index contributed by atoms with van der Waals surface area (Å²) in [5.74, 6) is 3.46. The Bertz CT molecular complexity index is 699. The van der Waals surface area contributed by atoms with Crippen LogP contribution in [0.25, 0.3) is 11.0 Å². The number of hydrogen-bond donors (Lipinski definition) is 1. The monoisotopic (exact) mass is 267 g/mol. The van der Waals surface area contributed by atoms with E-state index in [0.717, 1.165) is 29.9 Å². The molecule has 2 aromatic rings. The van der Waals surface area contributed by atoms with Gasteiger partial charge in [-0.25, -0.2) is 4.98 Å². The summed E-state index contributed by atoms with van der Waals surface area (Å²) >= 11 is 0. The van der Waals surface area contributed by atoms with Gasteiger partial charge >= 0.3 is 0 Å². The molecule has 1 aromatic carbocycles. The molecule has 0 saturated carbocycles. The minimum absolute atomic E-state index is 0.135. The maximum Gasteiger partial charge on any atom is 0.237 e. The summed E-state index contributed by atoms with van der Waals surface area (Å²) in [7, 11) is 0. The first-order valence-corrected chi connectivity index (χ1v) is 7.00. The molecular formula is C16H17N3O. The van der Waals surface area contributed by atoms with E-state index in [1.54, 1.807) is 6.07 Å². The highest BCUT2D eigenvalue weighted by molar-refractivity contribution is 6.10. The first-order valence-electron chi connectivity index (χ1n) is 7.00. The number of likely N-dealkylation sites (tertiary alicyclic amines) is 1. The van der Waals surface area contributed by atoms with Crippen molar-refractivity contribution in [2.75, 3.05) is 13.1 Å². The minimum Gasteiger partial charge on any atom is -0.342 e. The Balaban J connectivity index is 1.79. The van der Waals surface area contributed by atoms with Gasteiger partial charge in [0.05, 0.1) is 11.0 Å². The van der Waals surface area contributed by atoms with Crippen LogP contribution in [0.4, 0.5) is 0 Å². The second kappa shape index (κ2) is 5.38. The molecule has 20 heavy (non-hydrogen) atoms. The minimum atomic E-state index is -0.135. The van der Waals surface area contributed by atoms with E-state index in [9.17, 15) is 4.79 Å². The number of hydrogen-bond acceptors (Lipinski definition) is 3. The van der Waals surface area contributed by atoms with E-state index in [1.165, 1.54) is 19.3 Å². The number of aromatic amines is 1. The highest BCUT2D eigenvalue weighted by atomic mass is 16.1. The quantitative estimate of drug-likeness (QED) is 0.638. The van der Waals surface area contributed by atoms with Crippen LogP contribution in [0, 0.1) is 18.9 Å². The van der Waals surface area contributed by atoms with E-state index in [1.807, 2.05) is 24.0 Å². The molecule has 1 fully saturated rings. The zero-order valence-corrected chi connectivity index (χ0v) is 11.6. The third-order valence-corrected chi connectivity index (χ3v) is 3.55. The van der Waals surface area contributed by atoms with Gasteiger partial charge in [0.2, 0.25) is 5.78 Å². The van der Waals surface area contributed by atoms with Crippen molar-refractivity contribution in [1.29, 1.82) is 0 Å². The number of rotatable bonds is 1. The number of imidazole rings is 1. The van der Waals surface area contributed by atoms with Crippen molar-refractivity contribution in [3.63, 3.8) is 0 Å². The van der Waals surface area contributed by atoms with Crippen LogP contribution in [0.3, 0.4) is 0 Å². The molecule has 0 bridgehead atoms. The lowest BCUT2D eigenvalue weighted by atomic mass is 10.1. The molecule has 4 nitrogen and oxygen atoms in total. The number of ketones is 1. The Morgan fingerprint density at radius 1 is 1.30 bits per heavy atom. The second-order valence-electron chi connectivity index (χ2n) is 5.17. The van der Waals surface area contributed by atoms with E-state index in [2.05, 4.69) is 21.9 Å². The molecular weight excluding hydrogens is 250 g/mol. The molecule has 1 N–H and O–H groups in total. The van der Waals surface area contributed by atoms with E-state index >= 15 is 0 Å². The van der Waals surface area contributed by atoms with Gasteiger partial charge in [-0.2, -0.15) is 0 Å². The number of nitrogens with zero attached hydrogens (tertiary/aromatic N) is 2. The fourth-order valence-electron chi connectivity index (χ4n) is 2.49. The summed E-state index contributed by atoms with van der Waals surface area (Å²) in [6.45, 7) is 3.84. The molecule has 2 heterocycles. The number of Topliss-reactive ketones (excluding diaryl/α,β-unsaturated/α-hetero) is 1. The van der Waals surface area contributed by atoms with Crippen molar-refractivity contribution < 1.29 is 4.79 Å². The number of piperidine rings is 1. The highest BCUT2D eigenvalue weighted by Gasteiger charge is 2.08. The smallest absolute Gasteiger partial charge is 0.237 e. The van der Waals surface area contributed by atoms with Gasteiger partial charge in [0.25, 0.3) is 0 Å². The van der Waals surface area contributed by atoms with Gasteiger partial charge in [-0.3, -0.25) is 4.79 Å². The molecule has 0 radical (unpaired) electrons. The van der Waals surface area contributed by atoms with E-state index in [4.69, 9.17) is 0 Å². The predicted octanol–water partition coefficient (Wildman–Crippen LogP) is 2.50. The lowest BCUT2D eigenvalue weighted by Crippen LogP contribution is -2.24. The molecule has 4 heteroatoms. The van der Waals surface area contributed by atoms with Gasteiger partial charge in [0.15, 0.2) is 0 Å². The summed E-state index contributed by atoms with van der Waals surface area (Å²) in [6, 6.07) is 8.45. The van der Waals surface area contributed by atoms with Crippen LogP contribution in [-0.2, 0) is 0 Å². The molecule has 0 unspecified atom stereocenters. The van der Waals surface area contributed by atoms with Crippen molar-refractivity contribution in [3.05, 3.63) is 29.6 Å². The normalized spacial score (nSPS) is 14.9. The number of fused-ring (bicyclic) bond motifs is 1. The molecule has 1 saturated heterocycles. The highest BCUT2D eigenvalue weighted by Crippen LogP contribution is 2.14. The van der Waals surface area contributed by atoms with Gasteiger partial charge in [-0.05, 0) is 50.3 Å². The Morgan fingerprint density at radius 3 is 2.90 bits per heavy atom. The number of benzene rings is 1. The van der Waals surface area contributed by atoms with Crippen molar-refractivity contribution >= 4 is 16.8 Å². The van der Waals surface area contributed by atoms with Gasteiger partial charge < -0.3 is 9.88 Å². The van der Waals surface area contributed by atoms with Crippen LogP contribution < -0.4 is 0 Å². The molecule has 1 aliphatic rings. The number of aromatic nitrogens is 2. The fraction of sp³-hybridized carbons (Fsp3) is 0.375. The van der Waals surface area contributed by atoms with Gasteiger partial charge in [-0.1, -0.05) is 0 Å². The number of aryl methyl sites for hydroxylation is 1. The predicted molar refractivity (Wildman–Crippen MR) is 78.4 cm³/mol. The van der Waals surface area contributed by atoms with Crippen LogP contribution in [0.5, 0.6) is 0 Å². The standard InChI is InChI=1S/C16H17N3O/c1-12-17-14-6-5-13(11-15(14)18-12)16(20)7-10-19-8-3-2-4-9-19/h5-6,11H,2-4,8-9H2,1H3,(H,17,18). The van der Waals surface area contributed by atoms with Crippen LogP contribution in [-0.4, -0.2) is 33.7 Å². The first-order chi connectivity index (χ1) is 9.72. The van der Waals surface area contributed by atoms with Crippen molar-refractivity contribution in [3.8, 4) is 12.0 Å². The first kappa shape index (κ1) is 12.7. The molecule has 1 aromatic heterocycles. The average molecular weight is 267 g/mol. The topological polar surface area (TPSA) is 49.0 Å². The summed E-state index contributed by atoms with van der Waals surface area (Å²) in [5.41, 5.74) is 2.38. The molecule has 0 amide bonds. The number of carbonyl (C=O) groups excluding carboxylic acids is 1. The number of H-pyrrole nitrogens is 1. The SMILES string of the molecule is Cc1nc2ccc(C(=O)C#CN3CCCCC3)cc2[nH]1. The third-order valence-electron chi connectivity index (χ3n) is 3.55. The molecule has 102 valence electrons. The van der Waals surface area contributed by atoms with Crippen LogP contribution in [0.15, 0.2) is 18.2 Å². The fourth-order valence-corrected chi connectivity index (χ4v) is 2.49. The summed E-state index contributed by atoms with van der Waals surface area (Å²) in [5, 5.41) is 0. The molecule has 0 spiro atoms. The van der Waals surface area contributed by atoms with Gasteiger partial charge in [-0.15, -0.1) is 0 Å². The largest absolute Gasteiger partial charge is 0.342 e. The summed E-state index contributed by atoms with van der Waals surface area (Å²) < 4.78 is 0. The Morgan fingerprint density at radius 2 is 2.10 bits per heavy atom. The average Bonchev–Trinajstić information content (AvgIpc) is 2.85. The Kier molecular flexibility index (Phi) is 3.42. The van der Waals surface area contributed by atoms with Gasteiger partial charge in [0, 0.05) is 24.7 Å². The maximum atomic E-state index is 12.1. The van der Waals surface area contributed by atoms with Gasteiger partial charge in [0.1, 0.15) is 5.82 Å². The van der Waals surface area contributed by atoms with E-state index in [-0.39, 0.29) is 5.78 Å². The third kappa shape index (κ3) is 2.67. The zero-order valence-electron chi connectivity index (χ0n) is 11.6. The van der Waals surface area contributed by atoms with Crippen LogP contribution >= 0.6 is 0 Å². The number of nitrogens with one attached hydrogen (secondary N) is 1. The maximum absolute atomic E-state index is 12.1. The lowest BCUT2D eigenvalue weighted by molar-refractivity contribution is 0.105. The summed E-state index contributed by atoms with van der Waals surface area (Å²) in [6.07, 6.45) is 3.60. The Hall–Kier alpha value is -2.28. The van der Waals surface area contributed by atoms with Crippen molar-refractivity contribution in [2.24, 2.45) is 0 Å². The Labute approximate surface area is 118 Å². The van der Waals surface area contributed by atoms with Crippen LogP contribution in [0.2, 0.25) is 0 Å². The molecule has 0 atom stereocenters. The molecule has 3 rings (SSSR count). The second-order valence-corrected chi connectivity index (χ2v) is 5.17. The van der Waals surface area contributed by atoms with E-state index in [0.29, 0.717) is 5.56 Å². The zero-order chi connectivity index (χ0) is 13.9. The van der Waals surface area contributed by atoms with Crippen molar-refractivity contribution in [2.45, 2.75) is 26.2 Å². The molecule has 1 aliphatic heterocycles. The summed E-state index contributed by atoms with van der Waals surface area (Å²) in [4.78, 5) is 21.6. The van der Waals surface area contributed by atoms with Crippen LogP contribution in [0.1, 0.15) is 35.4 Å². The van der Waals surface area contributed by atoms with Crippen molar-refractivity contribution in [1.82, 2.24) is 14.9 Å². The van der Waals surface area contributed by atoms with E-state index < -0.39 is 0 Å².